The van der Waals surface area contributed by atoms with E-state index in [-0.39, 0.29) is 29.6 Å². The van der Waals surface area contributed by atoms with Crippen molar-refractivity contribution in [3.63, 3.8) is 0 Å². The van der Waals surface area contributed by atoms with Crippen molar-refractivity contribution in [1.29, 1.82) is 0 Å². The number of carbonyl (C=O) groups is 3. The van der Waals surface area contributed by atoms with Crippen LogP contribution in [0.2, 0.25) is 0 Å². The molecule has 4 atom stereocenters. The number of halogens is 3. The lowest BCUT2D eigenvalue weighted by molar-refractivity contribution is -0.141. The fourth-order valence-electron chi connectivity index (χ4n) is 6.79. The van der Waals surface area contributed by atoms with E-state index in [0.29, 0.717) is 18.4 Å². The molecule has 0 bridgehead atoms. The van der Waals surface area contributed by atoms with Gasteiger partial charge in [-0.3, -0.25) is 9.59 Å². The summed E-state index contributed by atoms with van der Waals surface area (Å²) in [4.78, 5) is 44.3. The van der Waals surface area contributed by atoms with Crippen LogP contribution in [0.15, 0.2) is 35.3 Å². The van der Waals surface area contributed by atoms with E-state index in [1.54, 1.807) is 20.8 Å². The molecule has 1 saturated carbocycles. The van der Waals surface area contributed by atoms with Gasteiger partial charge in [0.25, 0.3) is 0 Å². The molecule has 0 unspecified atom stereocenters. The van der Waals surface area contributed by atoms with E-state index < -0.39 is 53.3 Å². The monoisotopic (exact) mass is 664 g/mol. The Hall–Kier alpha value is -3.57. The number of likely N-dealkylation sites (tertiary alicyclic amines) is 1. The van der Waals surface area contributed by atoms with E-state index in [9.17, 15) is 32.7 Å². The molecular formula is C35H51F3N4O5. The SMILES string of the molecule is C=C(CCCCCC1CCCC1)C(=Nc1cc(C(F)(F)F)ccc1N)O[C@H]1CN(C(=O)[C@@H](NC(=O)O)C(C)(C)C)[C@H](C(C)=O)[C@@H]1CC. The molecule has 262 valence electrons. The first kappa shape index (κ1) is 37.9. The molecule has 0 radical (unpaired) electrons. The summed E-state index contributed by atoms with van der Waals surface area (Å²) in [6.07, 6.45) is 3.27. The summed E-state index contributed by atoms with van der Waals surface area (Å²) < 4.78 is 47.2. The highest BCUT2D eigenvalue weighted by Gasteiger charge is 2.50. The molecule has 1 saturated heterocycles. The van der Waals surface area contributed by atoms with Crippen molar-refractivity contribution in [3.8, 4) is 0 Å². The third-order valence-electron chi connectivity index (χ3n) is 9.36. The molecule has 1 aliphatic heterocycles. The third-order valence-corrected chi connectivity index (χ3v) is 9.36. The number of benzene rings is 1. The van der Waals surface area contributed by atoms with Crippen molar-refractivity contribution >= 4 is 35.1 Å². The average molecular weight is 665 g/mol. The largest absolute Gasteiger partial charge is 0.472 e. The van der Waals surface area contributed by atoms with Gasteiger partial charge in [-0.05, 0) is 55.7 Å². The number of nitrogens with one attached hydrogen (secondary N) is 1. The van der Waals surface area contributed by atoms with Crippen molar-refractivity contribution < 1.29 is 37.4 Å². The highest BCUT2D eigenvalue weighted by molar-refractivity contribution is 5.96. The number of nitrogens with zero attached hydrogens (tertiary/aromatic N) is 2. The maximum Gasteiger partial charge on any atom is 0.416 e. The molecule has 12 heteroatoms. The molecule has 0 aromatic heterocycles. The number of rotatable bonds is 13. The van der Waals surface area contributed by atoms with Crippen LogP contribution in [-0.2, 0) is 20.5 Å². The Bertz CT molecular complexity index is 1320. The summed E-state index contributed by atoms with van der Waals surface area (Å²) in [6, 6.07) is 0.843. The fraction of sp³-hybridized carbons (Fsp3) is 0.657. The molecule has 1 aromatic carbocycles. The van der Waals surface area contributed by atoms with E-state index in [1.165, 1.54) is 43.9 Å². The van der Waals surface area contributed by atoms with Crippen LogP contribution in [0.1, 0.15) is 104 Å². The first-order valence-corrected chi connectivity index (χ1v) is 16.6. The smallest absolute Gasteiger partial charge is 0.416 e. The molecule has 3 rings (SSSR count). The molecule has 2 fully saturated rings. The molecule has 1 aliphatic carbocycles. The van der Waals surface area contributed by atoms with Crippen LogP contribution in [0, 0.1) is 17.3 Å². The molecule has 2 amide bonds. The Morgan fingerprint density at radius 1 is 1.15 bits per heavy atom. The molecule has 4 N–H and O–H groups in total. The van der Waals surface area contributed by atoms with Crippen LogP contribution >= 0.6 is 0 Å². The lowest BCUT2D eigenvalue weighted by Crippen LogP contribution is -2.56. The predicted molar refractivity (Wildman–Crippen MR) is 176 cm³/mol. The quantitative estimate of drug-likeness (QED) is 0.0849. The number of anilines is 1. The van der Waals surface area contributed by atoms with Crippen molar-refractivity contribution in [2.75, 3.05) is 12.3 Å². The minimum atomic E-state index is -4.61. The normalized spacial score (nSPS) is 21.5. The van der Waals surface area contributed by atoms with Gasteiger partial charge in [0.2, 0.25) is 11.8 Å². The van der Waals surface area contributed by atoms with Gasteiger partial charge >= 0.3 is 12.3 Å². The summed E-state index contributed by atoms with van der Waals surface area (Å²) in [5.74, 6) is -0.570. The number of unbranched alkanes of at least 4 members (excludes halogenated alkanes) is 2. The standard InChI is InChI=1S/C35H51F3N4O5/c1-7-25-28(20-42(29(25)22(3)43)32(44)30(34(4,5)6)41-33(45)46)47-31(21(2)13-9-8-10-14-23-15-11-12-16-23)40-27-19-24(35(36,37)38)17-18-26(27)39/h17-19,23,25,28-30,41H,2,7-16,20,39H2,1,3-6H3,(H,45,46)/t25-,28+,29-,30-/m1/s1. The third kappa shape index (κ3) is 10.2. The van der Waals surface area contributed by atoms with Crippen LogP contribution in [-0.4, -0.2) is 58.4 Å². The number of alkyl halides is 3. The molecule has 1 heterocycles. The average Bonchev–Trinajstić information content (AvgIpc) is 3.62. The summed E-state index contributed by atoms with van der Waals surface area (Å²) >= 11 is 0. The molecule has 1 aromatic rings. The predicted octanol–water partition coefficient (Wildman–Crippen LogP) is 7.91. The van der Waals surface area contributed by atoms with Gasteiger partial charge < -0.3 is 25.8 Å². The number of hydrogen-bond donors (Lipinski definition) is 3. The summed E-state index contributed by atoms with van der Waals surface area (Å²) in [6.45, 7) is 12.5. The number of Topliss-reactive ketones (excluding diaryl/α,β-unsaturated/α-hetero) is 1. The molecule has 9 nitrogen and oxygen atoms in total. The Labute approximate surface area is 276 Å². The Morgan fingerprint density at radius 2 is 1.81 bits per heavy atom. The van der Waals surface area contributed by atoms with E-state index in [4.69, 9.17) is 10.5 Å². The zero-order chi connectivity index (χ0) is 35.1. The number of carbonyl (C=O) groups excluding carboxylic acids is 2. The second-order valence-corrected chi connectivity index (χ2v) is 14.1. The number of hydrogen-bond acceptors (Lipinski definition) is 6. The number of ether oxygens (including phenoxy) is 1. The van der Waals surface area contributed by atoms with E-state index in [0.717, 1.165) is 43.4 Å². The lowest BCUT2D eigenvalue weighted by atomic mass is 9.85. The van der Waals surface area contributed by atoms with Gasteiger partial charge in [-0.25, -0.2) is 9.79 Å². The summed E-state index contributed by atoms with van der Waals surface area (Å²) in [7, 11) is 0. The van der Waals surface area contributed by atoms with Crippen LogP contribution in [0.25, 0.3) is 0 Å². The first-order chi connectivity index (χ1) is 21.9. The number of aliphatic imine (C=N–C) groups is 1. The van der Waals surface area contributed by atoms with Crippen LogP contribution in [0.5, 0.6) is 0 Å². The van der Waals surface area contributed by atoms with Gasteiger partial charge in [0, 0.05) is 11.5 Å². The molecular weight excluding hydrogens is 613 g/mol. The topological polar surface area (TPSA) is 134 Å². The number of ketones is 1. The second kappa shape index (κ2) is 16.0. The lowest BCUT2D eigenvalue weighted by Gasteiger charge is -2.35. The van der Waals surface area contributed by atoms with Gasteiger partial charge in [-0.15, -0.1) is 0 Å². The number of amides is 2. The number of carboxylic acid groups (broad SMARTS) is 1. The van der Waals surface area contributed by atoms with Crippen molar-refractivity contribution in [1.82, 2.24) is 10.2 Å². The van der Waals surface area contributed by atoms with Crippen molar-refractivity contribution in [2.24, 2.45) is 22.2 Å². The van der Waals surface area contributed by atoms with Crippen LogP contribution in [0.4, 0.5) is 29.3 Å². The minimum absolute atomic E-state index is 0.00269. The maximum absolute atomic E-state index is 13.9. The Morgan fingerprint density at radius 3 is 2.36 bits per heavy atom. The van der Waals surface area contributed by atoms with Gasteiger partial charge in [0.15, 0.2) is 5.78 Å². The van der Waals surface area contributed by atoms with Gasteiger partial charge in [0.1, 0.15) is 12.1 Å². The molecule has 47 heavy (non-hydrogen) atoms. The zero-order valence-corrected chi connectivity index (χ0v) is 28.3. The first-order valence-electron chi connectivity index (χ1n) is 16.6. The van der Waals surface area contributed by atoms with E-state index >= 15 is 0 Å². The fourth-order valence-corrected chi connectivity index (χ4v) is 6.79. The summed E-state index contributed by atoms with van der Waals surface area (Å²) in [5.41, 5.74) is 4.71. The minimum Gasteiger partial charge on any atom is -0.472 e. The number of nitrogens with two attached hydrogens (primary N) is 1. The summed E-state index contributed by atoms with van der Waals surface area (Å²) in [5, 5.41) is 11.8. The molecule has 0 spiro atoms. The second-order valence-electron chi connectivity index (χ2n) is 14.1. The van der Waals surface area contributed by atoms with Gasteiger partial charge in [-0.2, -0.15) is 13.2 Å². The Kier molecular flexibility index (Phi) is 12.9. The Balaban J connectivity index is 1.93. The van der Waals surface area contributed by atoms with E-state index in [2.05, 4.69) is 16.9 Å². The highest BCUT2D eigenvalue weighted by Crippen LogP contribution is 2.37. The maximum atomic E-state index is 13.9. The van der Waals surface area contributed by atoms with Gasteiger partial charge in [-0.1, -0.05) is 79.2 Å². The number of nitrogen functional groups attached to an aromatic ring is 1. The van der Waals surface area contributed by atoms with Crippen LogP contribution in [0.3, 0.4) is 0 Å². The van der Waals surface area contributed by atoms with Crippen molar-refractivity contribution in [2.45, 2.75) is 123 Å². The highest BCUT2D eigenvalue weighted by atomic mass is 19.4. The van der Waals surface area contributed by atoms with Gasteiger partial charge in [0.05, 0.1) is 29.5 Å². The van der Waals surface area contributed by atoms with E-state index in [1.807, 2.05) is 6.92 Å². The zero-order valence-electron chi connectivity index (χ0n) is 28.3. The molecule has 2 aliphatic rings. The van der Waals surface area contributed by atoms with Crippen molar-refractivity contribution in [3.05, 3.63) is 35.9 Å². The van der Waals surface area contributed by atoms with Crippen LogP contribution < -0.4 is 11.1 Å².